The van der Waals surface area contributed by atoms with Crippen LogP contribution in [0.15, 0.2) is 54.6 Å². The van der Waals surface area contributed by atoms with Gasteiger partial charge in [-0.2, -0.15) is 0 Å². The zero-order chi connectivity index (χ0) is 20.1. The fourth-order valence-corrected chi connectivity index (χ4v) is 3.35. The number of hydrogen-bond acceptors (Lipinski definition) is 4. The summed E-state index contributed by atoms with van der Waals surface area (Å²) in [5.41, 5.74) is 1.60. The summed E-state index contributed by atoms with van der Waals surface area (Å²) in [5.74, 6) is -1.53. The number of hydrogen-bond donors (Lipinski definition) is 1. The fraction of sp³-hybridized carbons (Fsp3) is 0.286. The van der Waals surface area contributed by atoms with Crippen LogP contribution in [0.1, 0.15) is 12.0 Å². The van der Waals surface area contributed by atoms with Gasteiger partial charge in [-0.15, -0.1) is 0 Å². The Balaban J connectivity index is 1.67. The molecule has 0 saturated carbocycles. The first-order chi connectivity index (χ1) is 13.5. The van der Waals surface area contributed by atoms with E-state index in [1.165, 1.54) is 7.11 Å². The first kappa shape index (κ1) is 19.9. The normalized spacial score (nSPS) is 17.3. The molecule has 1 heterocycles. The van der Waals surface area contributed by atoms with Crippen LogP contribution in [0.5, 0.6) is 0 Å². The van der Waals surface area contributed by atoms with E-state index in [0.29, 0.717) is 17.1 Å². The molecule has 1 saturated heterocycles. The summed E-state index contributed by atoms with van der Waals surface area (Å²) in [6.07, 6.45) is 0.411. The first-order valence-electron chi connectivity index (χ1n) is 8.96. The van der Waals surface area contributed by atoms with E-state index in [1.807, 2.05) is 30.3 Å². The van der Waals surface area contributed by atoms with E-state index >= 15 is 0 Å². The summed E-state index contributed by atoms with van der Waals surface area (Å²) in [6.45, 7) is 0.255. The summed E-state index contributed by atoms with van der Waals surface area (Å²) in [7, 11) is 1.29. The average molecular weight is 401 g/mol. The number of nitrogens with one attached hydrogen (secondary N) is 1. The van der Waals surface area contributed by atoms with Gasteiger partial charge < -0.3 is 15.0 Å². The van der Waals surface area contributed by atoms with Crippen LogP contribution >= 0.6 is 11.6 Å². The Morgan fingerprint density at radius 1 is 1.18 bits per heavy atom. The lowest BCUT2D eigenvalue weighted by Crippen LogP contribution is -2.46. The highest BCUT2D eigenvalue weighted by Crippen LogP contribution is 2.26. The summed E-state index contributed by atoms with van der Waals surface area (Å²) in [6, 6.07) is 15.4. The summed E-state index contributed by atoms with van der Waals surface area (Å²) in [4.78, 5) is 38.8. The highest BCUT2D eigenvalue weighted by molar-refractivity contribution is 6.30. The molecule has 0 bridgehead atoms. The molecule has 2 aromatic carbocycles. The minimum atomic E-state index is -0.806. The number of anilines is 1. The molecule has 0 radical (unpaired) electrons. The molecule has 2 atom stereocenters. The second kappa shape index (κ2) is 8.89. The highest BCUT2D eigenvalue weighted by atomic mass is 35.5. The maximum Gasteiger partial charge on any atom is 0.328 e. The lowest BCUT2D eigenvalue weighted by molar-refractivity contribution is -0.145. The number of methoxy groups -OCH3 is 1. The molecule has 0 aromatic heterocycles. The number of ether oxygens (including phenoxy) is 1. The zero-order valence-electron chi connectivity index (χ0n) is 15.4. The molecule has 0 spiro atoms. The van der Waals surface area contributed by atoms with Crippen LogP contribution < -0.4 is 10.2 Å². The van der Waals surface area contributed by atoms with Gasteiger partial charge in [-0.05, 0) is 29.8 Å². The first-order valence-corrected chi connectivity index (χ1v) is 9.34. The van der Waals surface area contributed by atoms with Crippen LogP contribution in [-0.2, 0) is 25.5 Å². The van der Waals surface area contributed by atoms with E-state index < -0.39 is 17.9 Å². The third-order valence-electron chi connectivity index (χ3n) is 4.72. The lowest BCUT2D eigenvalue weighted by atomic mass is 10.0. The summed E-state index contributed by atoms with van der Waals surface area (Å²) < 4.78 is 4.83. The molecule has 6 nitrogen and oxygen atoms in total. The predicted octanol–water partition coefficient (Wildman–Crippen LogP) is 2.59. The number of nitrogens with zero attached hydrogens (tertiary/aromatic N) is 1. The van der Waals surface area contributed by atoms with E-state index in [9.17, 15) is 14.4 Å². The molecular formula is C21H21ClN2O4. The average Bonchev–Trinajstić information content (AvgIpc) is 3.10. The molecule has 1 fully saturated rings. The van der Waals surface area contributed by atoms with Gasteiger partial charge in [-0.1, -0.05) is 41.9 Å². The second-order valence-corrected chi connectivity index (χ2v) is 7.09. The molecule has 1 aliphatic rings. The van der Waals surface area contributed by atoms with Gasteiger partial charge in [0.1, 0.15) is 6.04 Å². The van der Waals surface area contributed by atoms with Gasteiger partial charge in [0.25, 0.3) is 0 Å². The number of esters is 1. The Morgan fingerprint density at radius 3 is 2.50 bits per heavy atom. The van der Waals surface area contributed by atoms with Gasteiger partial charge in [0.15, 0.2) is 0 Å². The molecule has 7 heteroatoms. The molecule has 3 rings (SSSR count). The Bertz CT molecular complexity index is 854. The van der Waals surface area contributed by atoms with Crippen molar-refractivity contribution < 1.29 is 19.1 Å². The van der Waals surface area contributed by atoms with Crippen molar-refractivity contribution in [3.05, 3.63) is 65.2 Å². The van der Waals surface area contributed by atoms with Gasteiger partial charge in [0, 0.05) is 30.1 Å². The van der Waals surface area contributed by atoms with Crippen molar-refractivity contribution in [2.45, 2.75) is 18.9 Å². The topological polar surface area (TPSA) is 75.7 Å². The van der Waals surface area contributed by atoms with Gasteiger partial charge in [-0.3, -0.25) is 9.59 Å². The third kappa shape index (κ3) is 4.70. The Hall–Kier alpha value is -2.86. The molecule has 0 aliphatic carbocycles. The molecule has 2 amide bonds. The molecule has 2 aromatic rings. The van der Waals surface area contributed by atoms with Gasteiger partial charge >= 0.3 is 5.97 Å². The van der Waals surface area contributed by atoms with Crippen molar-refractivity contribution in [2.75, 3.05) is 18.6 Å². The number of rotatable bonds is 6. The van der Waals surface area contributed by atoms with Crippen molar-refractivity contribution in [3.63, 3.8) is 0 Å². The monoisotopic (exact) mass is 400 g/mol. The standard InChI is InChI=1S/C21H21ClN2O4/c1-28-21(27)18(11-14-5-3-2-4-6-14)23-20(26)15-12-19(25)24(13-15)17-9-7-16(22)8-10-17/h2-10,15,18H,11-13H2,1H3,(H,23,26)/t15-,18-/m0/s1. The number of carbonyl (C=O) groups excluding carboxylic acids is 3. The van der Waals surface area contributed by atoms with Crippen LogP contribution in [-0.4, -0.2) is 37.5 Å². The minimum absolute atomic E-state index is 0.0910. The van der Waals surface area contributed by atoms with Crippen LogP contribution in [0.3, 0.4) is 0 Å². The smallest absolute Gasteiger partial charge is 0.328 e. The number of halogens is 1. The van der Waals surface area contributed by atoms with Gasteiger partial charge in [0.2, 0.25) is 11.8 Å². The van der Waals surface area contributed by atoms with Crippen molar-refractivity contribution >= 4 is 35.1 Å². The van der Waals surface area contributed by atoms with E-state index in [0.717, 1.165) is 5.56 Å². The lowest BCUT2D eigenvalue weighted by Gasteiger charge is -2.20. The van der Waals surface area contributed by atoms with Crippen LogP contribution in [0.2, 0.25) is 5.02 Å². The number of carbonyl (C=O) groups is 3. The van der Waals surface area contributed by atoms with E-state index in [-0.39, 0.29) is 24.8 Å². The van der Waals surface area contributed by atoms with Crippen molar-refractivity contribution in [3.8, 4) is 0 Å². The third-order valence-corrected chi connectivity index (χ3v) is 4.97. The molecule has 0 unspecified atom stereocenters. The maximum atomic E-state index is 12.7. The molecule has 28 heavy (non-hydrogen) atoms. The van der Waals surface area contributed by atoms with Gasteiger partial charge in [-0.25, -0.2) is 4.79 Å². The SMILES string of the molecule is COC(=O)[C@H](Cc1ccccc1)NC(=O)[C@H]1CC(=O)N(c2ccc(Cl)cc2)C1. The Kier molecular flexibility index (Phi) is 6.31. The van der Waals surface area contributed by atoms with Crippen molar-refractivity contribution in [2.24, 2.45) is 5.92 Å². The maximum absolute atomic E-state index is 12.7. The quantitative estimate of drug-likeness (QED) is 0.756. The van der Waals surface area contributed by atoms with Gasteiger partial charge in [0.05, 0.1) is 13.0 Å². The zero-order valence-corrected chi connectivity index (χ0v) is 16.2. The number of benzene rings is 2. The molecule has 1 aliphatic heterocycles. The Labute approximate surface area is 168 Å². The highest BCUT2D eigenvalue weighted by Gasteiger charge is 2.36. The molecular weight excluding hydrogens is 380 g/mol. The van der Waals surface area contributed by atoms with E-state index in [1.54, 1.807) is 29.2 Å². The molecule has 146 valence electrons. The molecule has 1 N–H and O–H groups in total. The fourth-order valence-electron chi connectivity index (χ4n) is 3.23. The van der Waals surface area contributed by atoms with Crippen molar-refractivity contribution in [1.82, 2.24) is 5.32 Å². The predicted molar refractivity (Wildman–Crippen MR) is 106 cm³/mol. The number of amides is 2. The Morgan fingerprint density at radius 2 is 1.86 bits per heavy atom. The van der Waals surface area contributed by atoms with Crippen LogP contribution in [0.4, 0.5) is 5.69 Å². The van der Waals surface area contributed by atoms with Crippen molar-refractivity contribution in [1.29, 1.82) is 0 Å². The minimum Gasteiger partial charge on any atom is -0.467 e. The van der Waals surface area contributed by atoms with E-state index in [4.69, 9.17) is 16.3 Å². The largest absolute Gasteiger partial charge is 0.467 e. The van der Waals surface area contributed by atoms with E-state index in [2.05, 4.69) is 5.32 Å². The summed E-state index contributed by atoms with van der Waals surface area (Å²) >= 11 is 5.89. The summed E-state index contributed by atoms with van der Waals surface area (Å²) in [5, 5.41) is 3.32. The second-order valence-electron chi connectivity index (χ2n) is 6.66. The van der Waals surface area contributed by atoms with Crippen LogP contribution in [0.25, 0.3) is 0 Å². The van der Waals surface area contributed by atoms with Crippen LogP contribution in [0, 0.1) is 5.92 Å².